The van der Waals surface area contributed by atoms with Gasteiger partial charge in [-0.1, -0.05) is 117 Å². The quantitative estimate of drug-likeness (QED) is 0.0739. The first kappa shape index (κ1) is 41.3. The Morgan fingerprint density at radius 2 is 1.44 bits per heavy atom. The van der Waals surface area contributed by atoms with E-state index in [0.717, 1.165) is 30.5 Å². The number of oxazole rings is 1. The molecule has 0 saturated carbocycles. The molecule has 1 saturated heterocycles. The molecule has 0 bridgehead atoms. The SMILES string of the molecule is CCCN=C(N)N.CCc1ccccc1.O=C(NCC(=O)N1CC[C@H](c2ccccc2)C1C(=O)NCC(=O)c1nc2ccccc2o1)OCc1ccccc1. The number of nitrogens with two attached hydrogens (primary N) is 2. The molecule has 5 aromatic rings. The third-order valence-corrected chi connectivity index (χ3v) is 8.54. The summed E-state index contributed by atoms with van der Waals surface area (Å²) in [6.45, 7) is 4.64. The van der Waals surface area contributed by atoms with Crippen molar-refractivity contribution in [3.8, 4) is 0 Å². The molecule has 13 heteroatoms. The number of carbonyl (C=O) groups excluding carboxylic acids is 4. The summed E-state index contributed by atoms with van der Waals surface area (Å²) in [6.07, 6.45) is 1.95. The first-order chi connectivity index (χ1) is 26.7. The van der Waals surface area contributed by atoms with Crippen LogP contribution in [0.5, 0.6) is 0 Å². The van der Waals surface area contributed by atoms with E-state index in [9.17, 15) is 19.2 Å². The molecule has 6 rings (SSSR count). The number of guanidine groups is 1. The molecule has 1 aliphatic rings. The normalized spacial score (nSPS) is 14.3. The number of nitrogens with zero attached hydrogens (tertiary/aromatic N) is 3. The van der Waals surface area contributed by atoms with Gasteiger partial charge in [-0.2, -0.15) is 0 Å². The third kappa shape index (κ3) is 13.1. The number of rotatable bonds is 12. The number of nitrogens with one attached hydrogen (secondary N) is 2. The summed E-state index contributed by atoms with van der Waals surface area (Å²) < 4.78 is 10.7. The number of likely N-dealkylation sites (tertiary alicyclic amines) is 1. The van der Waals surface area contributed by atoms with E-state index in [2.05, 4.69) is 51.8 Å². The van der Waals surface area contributed by atoms with Gasteiger partial charge in [0.15, 0.2) is 11.5 Å². The second-order valence-electron chi connectivity index (χ2n) is 12.5. The van der Waals surface area contributed by atoms with Gasteiger partial charge in [0.25, 0.3) is 5.89 Å². The first-order valence-electron chi connectivity index (χ1n) is 18.2. The molecule has 1 fully saturated rings. The van der Waals surface area contributed by atoms with Crippen LogP contribution in [0.1, 0.15) is 60.0 Å². The van der Waals surface area contributed by atoms with Gasteiger partial charge in [-0.05, 0) is 48.1 Å². The van der Waals surface area contributed by atoms with Gasteiger partial charge in [0.2, 0.25) is 17.6 Å². The van der Waals surface area contributed by atoms with Crippen LogP contribution in [0.3, 0.4) is 0 Å². The van der Waals surface area contributed by atoms with E-state index in [4.69, 9.17) is 20.6 Å². The van der Waals surface area contributed by atoms with Crippen LogP contribution in [0.2, 0.25) is 0 Å². The Balaban J connectivity index is 0.000000375. The van der Waals surface area contributed by atoms with E-state index in [1.165, 1.54) is 10.5 Å². The van der Waals surface area contributed by atoms with Gasteiger partial charge in [-0.3, -0.25) is 19.4 Å². The number of aryl methyl sites for hydroxylation is 1. The Morgan fingerprint density at radius 3 is 2.02 bits per heavy atom. The molecule has 288 valence electrons. The topological polar surface area (TPSA) is 195 Å². The van der Waals surface area contributed by atoms with E-state index in [-0.39, 0.29) is 37.5 Å². The van der Waals surface area contributed by atoms with Crippen LogP contribution in [-0.2, 0) is 27.4 Å². The highest BCUT2D eigenvalue weighted by Gasteiger charge is 2.42. The summed E-state index contributed by atoms with van der Waals surface area (Å²) in [7, 11) is 0. The molecule has 2 heterocycles. The Hall–Kier alpha value is -6.50. The van der Waals surface area contributed by atoms with Crippen molar-refractivity contribution in [3.63, 3.8) is 0 Å². The van der Waals surface area contributed by atoms with Crippen molar-refractivity contribution in [2.45, 2.75) is 51.7 Å². The molecule has 1 aromatic heterocycles. The van der Waals surface area contributed by atoms with Crippen LogP contribution in [0, 0.1) is 0 Å². The molecule has 1 unspecified atom stereocenters. The van der Waals surface area contributed by atoms with Crippen molar-refractivity contribution >= 4 is 40.8 Å². The number of aliphatic imine (C=N–C) groups is 1. The number of ether oxygens (including phenoxy) is 1. The molecule has 55 heavy (non-hydrogen) atoms. The highest BCUT2D eigenvalue weighted by atomic mass is 16.5. The van der Waals surface area contributed by atoms with Gasteiger partial charge in [-0.25, -0.2) is 9.78 Å². The van der Waals surface area contributed by atoms with Crippen LogP contribution in [0.25, 0.3) is 11.1 Å². The van der Waals surface area contributed by atoms with Crippen molar-refractivity contribution in [1.82, 2.24) is 20.5 Å². The van der Waals surface area contributed by atoms with Gasteiger partial charge in [0.05, 0.1) is 6.54 Å². The molecule has 4 aromatic carbocycles. The van der Waals surface area contributed by atoms with Crippen molar-refractivity contribution in [2.75, 3.05) is 26.2 Å². The summed E-state index contributed by atoms with van der Waals surface area (Å²) in [5.41, 5.74) is 14.2. The number of ketones is 1. The zero-order chi connectivity index (χ0) is 39.4. The zero-order valence-corrected chi connectivity index (χ0v) is 31.2. The Morgan fingerprint density at radius 1 is 0.818 bits per heavy atom. The first-order valence-corrected chi connectivity index (χ1v) is 18.2. The number of alkyl carbamates (subject to hydrolysis) is 1. The van der Waals surface area contributed by atoms with Crippen molar-refractivity contribution in [2.24, 2.45) is 16.5 Å². The fourth-order valence-corrected chi connectivity index (χ4v) is 5.76. The lowest BCUT2D eigenvalue weighted by atomic mass is 9.91. The highest BCUT2D eigenvalue weighted by Crippen LogP contribution is 2.33. The van der Waals surface area contributed by atoms with E-state index in [1.807, 2.05) is 73.7 Å². The lowest BCUT2D eigenvalue weighted by Gasteiger charge is -2.27. The highest BCUT2D eigenvalue weighted by molar-refractivity contribution is 5.99. The van der Waals surface area contributed by atoms with Crippen LogP contribution in [0.4, 0.5) is 4.79 Å². The zero-order valence-electron chi connectivity index (χ0n) is 31.2. The summed E-state index contributed by atoms with van der Waals surface area (Å²) in [5.74, 6) is -1.59. The average Bonchev–Trinajstić information content (AvgIpc) is 3.88. The Bertz CT molecular complexity index is 1950. The van der Waals surface area contributed by atoms with Crippen LogP contribution >= 0.6 is 0 Å². The van der Waals surface area contributed by atoms with E-state index >= 15 is 0 Å². The minimum Gasteiger partial charge on any atom is -0.445 e. The van der Waals surface area contributed by atoms with E-state index < -0.39 is 29.7 Å². The summed E-state index contributed by atoms with van der Waals surface area (Å²) in [4.78, 5) is 60.8. The standard InChI is InChI=1S/C30H28N4O6.C8H10.C4H11N3/c35-24(29-33-23-13-7-8-14-25(23)40-29)17-31-28(37)27-22(21-11-5-2-6-12-21)15-16-34(27)26(36)18-32-30(38)39-19-20-9-3-1-4-10-20;1-2-8-6-4-3-5-7-8;1-2-3-7-4(5)6/h1-14,22,27H,15-19H2,(H,31,37)(H,32,38);3-7H,2H2,1H3;2-3H2,1H3,(H4,5,6,7)/t22-,27?;;/m1../s1. The molecule has 13 nitrogen and oxygen atoms in total. The number of Topliss-reactive ketones (excluding diaryl/α,β-unsaturated/α-hetero) is 1. The maximum Gasteiger partial charge on any atom is 0.407 e. The maximum atomic E-state index is 13.4. The van der Waals surface area contributed by atoms with Gasteiger partial charge < -0.3 is 36.2 Å². The van der Waals surface area contributed by atoms with Crippen molar-refractivity contribution in [1.29, 1.82) is 0 Å². The number of aromatic nitrogens is 1. The molecule has 6 N–H and O–H groups in total. The Labute approximate surface area is 321 Å². The average molecular weight is 748 g/mol. The number of hydrogen-bond donors (Lipinski definition) is 4. The van der Waals surface area contributed by atoms with Gasteiger partial charge in [-0.15, -0.1) is 0 Å². The number of hydrogen-bond acceptors (Lipinski definition) is 8. The molecule has 3 amide bonds. The van der Waals surface area contributed by atoms with Crippen LogP contribution < -0.4 is 22.1 Å². The molecular formula is C42H49N7O6. The Kier molecular flexibility index (Phi) is 16.4. The lowest BCUT2D eigenvalue weighted by molar-refractivity contribution is -0.138. The van der Waals surface area contributed by atoms with Gasteiger partial charge in [0.1, 0.15) is 24.7 Å². The number of carbonyl (C=O) groups is 4. The largest absolute Gasteiger partial charge is 0.445 e. The minimum atomic E-state index is -0.867. The number of benzene rings is 4. The second kappa shape index (κ2) is 21.9. The summed E-state index contributed by atoms with van der Waals surface area (Å²) in [5, 5.41) is 5.13. The van der Waals surface area contributed by atoms with Crippen LogP contribution in [0.15, 0.2) is 125 Å². The summed E-state index contributed by atoms with van der Waals surface area (Å²) in [6, 6.07) is 35.2. The number of para-hydroxylation sites is 2. The molecule has 0 aliphatic carbocycles. The fourth-order valence-electron chi connectivity index (χ4n) is 5.76. The lowest BCUT2D eigenvalue weighted by Crippen LogP contribution is -2.51. The van der Waals surface area contributed by atoms with Crippen molar-refractivity contribution < 1.29 is 28.3 Å². The number of amides is 3. The van der Waals surface area contributed by atoms with E-state index in [0.29, 0.717) is 24.1 Å². The maximum absolute atomic E-state index is 13.4. The van der Waals surface area contributed by atoms with Crippen LogP contribution in [-0.4, -0.2) is 71.8 Å². The summed E-state index contributed by atoms with van der Waals surface area (Å²) >= 11 is 0. The predicted molar refractivity (Wildman–Crippen MR) is 212 cm³/mol. The van der Waals surface area contributed by atoms with Gasteiger partial charge >= 0.3 is 6.09 Å². The van der Waals surface area contributed by atoms with Gasteiger partial charge in [0, 0.05) is 19.0 Å². The molecular weight excluding hydrogens is 699 g/mol. The molecule has 1 aliphatic heterocycles. The fraction of sp³-hybridized carbons (Fsp3) is 0.286. The monoisotopic (exact) mass is 747 g/mol. The van der Waals surface area contributed by atoms with E-state index in [1.54, 1.807) is 24.3 Å². The smallest absolute Gasteiger partial charge is 0.407 e. The molecule has 0 radical (unpaired) electrons. The minimum absolute atomic E-state index is 0.0693. The van der Waals surface area contributed by atoms with Crippen molar-refractivity contribution in [3.05, 3.63) is 138 Å². The predicted octanol–water partition coefficient (Wildman–Crippen LogP) is 5.36. The molecule has 2 atom stereocenters. The third-order valence-electron chi connectivity index (χ3n) is 8.54. The number of fused-ring (bicyclic) bond motifs is 1. The second-order valence-corrected chi connectivity index (χ2v) is 12.5. The molecule has 0 spiro atoms.